The van der Waals surface area contributed by atoms with Gasteiger partial charge in [0.25, 0.3) is 0 Å². The maximum absolute atomic E-state index is 13.0. The van der Waals surface area contributed by atoms with E-state index in [1.807, 2.05) is 13.8 Å². The molecule has 0 saturated carbocycles. The summed E-state index contributed by atoms with van der Waals surface area (Å²) >= 11 is 0. The summed E-state index contributed by atoms with van der Waals surface area (Å²) in [7, 11) is 0. The summed E-state index contributed by atoms with van der Waals surface area (Å²) in [5.74, 6) is -6.77. The Hall–Kier alpha value is -4.20. The van der Waals surface area contributed by atoms with Crippen LogP contribution in [0.4, 0.5) is 0 Å². The third-order valence-electron chi connectivity index (χ3n) is 5.10. The first-order valence-corrected chi connectivity index (χ1v) is 11.4. The quantitative estimate of drug-likeness (QED) is 0.128. The Balaban J connectivity index is 3.17. The summed E-state index contributed by atoms with van der Waals surface area (Å²) in [6.45, 7) is 3.65. The van der Waals surface area contributed by atoms with E-state index in [4.69, 9.17) is 11.5 Å². The molecule has 4 amide bonds. The number of carboxylic acid groups (broad SMARTS) is 2. The Kier molecular flexibility index (Phi) is 12.0. The van der Waals surface area contributed by atoms with Gasteiger partial charge in [0.15, 0.2) is 0 Å². The maximum atomic E-state index is 13.0. The Morgan fingerprint density at radius 1 is 0.811 bits per heavy atom. The molecule has 0 radical (unpaired) electrons. The van der Waals surface area contributed by atoms with E-state index in [1.54, 1.807) is 0 Å². The van der Waals surface area contributed by atoms with Gasteiger partial charge >= 0.3 is 11.9 Å². The number of phenolic OH excluding ortho intramolecular Hbond substituents is 1. The molecule has 0 saturated heterocycles. The van der Waals surface area contributed by atoms with Gasteiger partial charge in [0.05, 0.1) is 18.9 Å². The third-order valence-corrected chi connectivity index (χ3v) is 5.10. The van der Waals surface area contributed by atoms with Crippen LogP contribution in [0.2, 0.25) is 0 Å². The number of carboxylic acids is 2. The molecule has 0 aromatic heterocycles. The topological polar surface area (TPSA) is 251 Å². The van der Waals surface area contributed by atoms with E-state index in [0.717, 1.165) is 0 Å². The second-order valence-corrected chi connectivity index (χ2v) is 8.90. The van der Waals surface area contributed by atoms with Crippen LogP contribution in [0.5, 0.6) is 5.75 Å². The molecular formula is C23H33N5O9. The molecule has 0 aliphatic rings. The number of phenols is 1. The molecule has 0 spiro atoms. The third kappa shape index (κ3) is 11.4. The molecule has 14 heteroatoms. The standard InChI is InChI=1S/C23H33N5O9/c1-11(2)7-14(24)20(33)26-16(10-19(31)32)22(35)27-15(8-12-3-5-13(29)6-4-12)21(34)28-17(23(36)37)9-18(25)30/h3-6,11,14-17,29H,7-10,24H2,1-2H3,(H2,25,30)(H,26,33)(H,27,35)(H,28,34)(H,31,32)(H,36,37). The smallest absolute Gasteiger partial charge is 0.326 e. The van der Waals surface area contributed by atoms with Crippen molar-refractivity contribution in [2.75, 3.05) is 0 Å². The normalized spacial score (nSPS) is 14.1. The number of carbonyl (C=O) groups excluding carboxylic acids is 4. The summed E-state index contributed by atoms with van der Waals surface area (Å²) in [5, 5.41) is 34.7. The monoisotopic (exact) mass is 523 g/mol. The Morgan fingerprint density at radius 2 is 1.32 bits per heavy atom. The van der Waals surface area contributed by atoms with E-state index in [9.17, 15) is 44.1 Å². The van der Waals surface area contributed by atoms with Crippen LogP contribution in [0.1, 0.15) is 38.7 Å². The van der Waals surface area contributed by atoms with Gasteiger partial charge in [-0.3, -0.25) is 24.0 Å². The van der Waals surface area contributed by atoms with Crippen molar-refractivity contribution in [3.8, 4) is 5.75 Å². The molecule has 4 unspecified atom stereocenters. The van der Waals surface area contributed by atoms with Gasteiger partial charge in [0, 0.05) is 6.42 Å². The first kappa shape index (κ1) is 30.8. The lowest BCUT2D eigenvalue weighted by molar-refractivity contribution is -0.144. The van der Waals surface area contributed by atoms with Crippen LogP contribution in [0.25, 0.3) is 0 Å². The Labute approximate surface area is 212 Å². The molecule has 0 heterocycles. The molecule has 1 rings (SSSR count). The van der Waals surface area contributed by atoms with Gasteiger partial charge in [-0.05, 0) is 30.0 Å². The predicted molar refractivity (Wildman–Crippen MR) is 129 cm³/mol. The molecule has 204 valence electrons. The molecule has 0 aliphatic heterocycles. The summed E-state index contributed by atoms with van der Waals surface area (Å²) in [6.07, 6.45) is -1.47. The molecule has 1 aromatic rings. The van der Waals surface area contributed by atoms with Gasteiger partial charge in [-0.2, -0.15) is 0 Å². The molecule has 10 N–H and O–H groups in total. The number of primary amides is 1. The average Bonchev–Trinajstić information content (AvgIpc) is 2.77. The van der Waals surface area contributed by atoms with Crippen LogP contribution in [0, 0.1) is 5.92 Å². The highest BCUT2D eigenvalue weighted by Crippen LogP contribution is 2.12. The van der Waals surface area contributed by atoms with E-state index >= 15 is 0 Å². The molecule has 37 heavy (non-hydrogen) atoms. The van der Waals surface area contributed by atoms with Crippen molar-refractivity contribution in [3.63, 3.8) is 0 Å². The molecule has 4 atom stereocenters. The zero-order valence-electron chi connectivity index (χ0n) is 20.5. The van der Waals surface area contributed by atoms with Crippen molar-refractivity contribution >= 4 is 35.6 Å². The lowest BCUT2D eigenvalue weighted by Gasteiger charge is -2.25. The van der Waals surface area contributed by atoms with E-state index in [0.29, 0.717) is 5.56 Å². The van der Waals surface area contributed by atoms with Gasteiger partial charge in [0.2, 0.25) is 23.6 Å². The van der Waals surface area contributed by atoms with E-state index in [-0.39, 0.29) is 24.5 Å². The minimum absolute atomic E-state index is 0.0495. The minimum Gasteiger partial charge on any atom is -0.508 e. The predicted octanol–water partition coefficient (Wildman–Crippen LogP) is -1.80. The van der Waals surface area contributed by atoms with Crippen molar-refractivity contribution in [1.82, 2.24) is 16.0 Å². The van der Waals surface area contributed by atoms with Crippen LogP contribution < -0.4 is 27.4 Å². The number of aliphatic carboxylic acids is 2. The Morgan fingerprint density at radius 3 is 1.81 bits per heavy atom. The zero-order chi connectivity index (χ0) is 28.3. The summed E-state index contributed by atoms with van der Waals surface area (Å²) in [6, 6.07) is -0.213. The summed E-state index contributed by atoms with van der Waals surface area (Å²) in [5.41, 5.74) is 11.3. The van der Waals surface area contributed by atoms with Gasteiger partial charge in [-0.15, -0.1) is 0 Å². The minimum atomic E-state index is -1.69. The van der Waals surface area contributed by atoms with Crippen LogP contribution in [-0.2, 0) is 35.2 Å². The number of rotatable bonds is 15. The van der Waals surface area contributed by atoms with Gasteiger partial charge in [-0.25, -0.2) is 4.79 Å². The van der Waals surface area contributed by atoms with Crippen LogP contribution in [0.15, 0.2) is 24.3 Å². The van der Waals surface area contributed by atoms with Crippen LogP contribution >= 0.6 is 0 Å². The highest BCUT2D eigenvalue weighted by Gasteiger charge is 2.32. The molecule has 14 nitrogen and oxygen atoms in total. The molecular weight excluding hydrogens is 490 g/mol. The molecule has 0 aliphatic carbocycles. The number of nitrogens with one attached hydrogen (secondary N) is 3. The number of carbonyl (C=O) groups is 6. The second-order valence-electron chi connectivity index (χ2n) is 8.90. The summed E-state index contributed by atoms with van der Waals surface area (Å²) in [4.78, 5) is 72.3. The fourth-order valence-electron chi connectivity index (χ4n) is 3.30. The van der Waals surface area contributed by atoms with Crippen LogP contribution in [0.3, 0.4) is 0 Å². The van der Waals surface area contributed by atoms with E-state index in [1.165, 1.54) is 24.3 Å². The first-order valence-electron chi connectivity index (χ1n) is 11.4. The second kappa shape index (κ2) is 14.4. The number of aromatic hydroxyl groups is 1. The number of nitrogens with two attached hydrogens (primary N) is 2. The molecule has 1 aromatic carbocycles. The lowest BCUT2D eigenvalue weighted by Crippen LogP contribution is -2.58. The fraction of sp³-hybridized carbons (Fsp3) is 0.478. The van der Waals surface area contributed by atoms with Gasteiger partial charge < -0.3 is 42.7 Å². The largest absolute Gasteiger partial charge is 0.508 e. The van der Waals surface area contributed by atoms with Gasteiger partial charge in [0.1, 0.15) is 23.9 Å². The fourth-order valence-corrected chi connectivity index (χ4v) is 3.30. The number of hydrogen-bond acceptors (Lipinski definition) is 8. The van der Waals surface area contributed by atoms with Crippen molar-refractivity contribution in [1.29, 1.82) is 0 Å². The number of benzene rings is 1. The average molecular weight is 524 g/mol. The van der Waals surface area contributed by atoms with Crippen molar-refractivity contribution < 1.29 is 44.1 Å². The number of hydrogen-bond donors (Lipinski definition) is 8. The van der Waals surface area contributed by atoms with Crippen molar-refractivity contribution in [2.45, 2.75) is 63.7 Å². The SMILES string of the molecule is CC(C)CC(N)C(=O)NC(CC(=O)O)C(=O)NC(Cc1ccc(O)cc1)C(=O)NC(CC(N)=O)C(=O)O. The van der Waals surface area contributed by atoms with E-state index < -0.39 is 72.6 Å². The summed E-state index contributed by atoms with van der Waals surface area (Å²) < 4.78 is 0. The van der Waals surface area contributed by atoms with Gasteiger partial charge in [-0.1, -0.05) is 26.0 Å². The highest BCUT2D eigenvalue weighted by molar-refractivity contribution is 5.96. The first-order chi connectivity index (χ1) is 17.2. The highest BCUT2D eigenvalue weighted by atomic mass is 16.4. The molecule has 0 fully saturated rings. The van der Waals surface area contributed by atoms with Crippen molar-refractivity contribution in [3.05, 3.63) is 29.8 Å². The van der Waals surface area contributed by atoms with Crippen LogP contribution in [-0.4, -0.2) is 75.1 Å². The Bertz CT molecular complexity index is 997. The molecule has 0 bridgehead atoms. The number of amides is 4. The van der Waals surface area contributed by atoms with E-state index in [2.05, 4.69) is 16.0 Å². The maximum Gasteiger partial charge on any atom is 0.326 e. The van der Waals surface area contributed by atoms with Crippen molar-refractivity contribution in [2.24, 2.45) is 17.4 Å². The lowest BCUT2D eigenvalue weighted by atomic mass is 10.0. The zero-order valence-corrected chi connectivity index (χ0v) is 20.5.